The number of aliphatic hydroxyl groups is 1. The molecule has 0 aliphatic carbocycles. The fourth-order valence-corrected chi connectivity index (χ4v) is 2.54. The summed E-state index contributed by atoms with van der Waals surface area (Å²) < 4.78 is 27.0. The summed E-state index contributed by atoms with van der Waals surface area (Å²) in [6.07, 6.45) is 4.62. The summed E-state index contributed by atoms with van der Waals surface area (Å²) in [7, 11) is 0. The van der Waals surface area contributed by atoms with Crippen LogP contribution in [0.2, 0.25) is 0 Å². The monoisotopic (exact) mass is 270 g/mol. The van der Waals surface area contributed by atoms with E-state index in [4.69, 9.17) is 0 Å². The third-order valence-electron chi connectivity index (χ3n) is 3.76. The van der Waals surface area contributed by atoms with E-state index in [-0.39, 0.29) is 5.56 Å². The first-order valence-corrected chi connectivity index (χ1v) is 7.09. The minimum atomic E-state index is -1.32. The molecule has 0 aliphatic rings. The molecule has 1 N–H and O–H groups in total. The van der Waals surface area contributed by atoms with E-state index in [0.717, 1.165) is 31.7 Å². The van der Waals surface area contributed by atoms with Crippen LogP contribution in [0, 0.1) is 17.6 Å². The third-order valence-corrected chi connectivity index (χ3v) is 3.76. The average Bonchev–Trinajstić information content (AvgIpc) is 2.37. The molecule has 0 bridgehead atoms. The first kappa shape index (κ1) is 16.1. The Balaban J connectivity index is 2.87. The molecule has 108 valence electrons. The molecule has 0 saturated heterocycles. The minimum absolute atomic E-state index is 0.0578. The van der Waals surface area contributed by atoms with E-state index in [1.165, 1.54) is 12.1 Å². The second kappa shape index (κ2) is 6.99. The van der Waals surface area contributed by atoms with Gasteiger partial charge in [-0.05, 0) is 25.3 Å². The quantitative estimate of drug-likeness (QED) is 0.756. The van der Waals surface area contributed by atoms with Gasteiger partial charge >= 0.3 is 0 Å². The van der Waals surface area contributed by atoms with Crippen LogP contribution in [0.15, 0.2) is 18.2 Å². The predicted molar refractivity (Wildman–Crippen MR) is 73.9 cm³/mol. The summed E-state index contributed by atoms with van der Waals surface area (Å²) in [6.45, 7) is 5.76. The summed E-state index contributed by atoms with van der Waals surface area (Å²) in [4.78, 5) is 0. The van der Waals surface area contributed by atoms with Crippen LogP contribution in [0.3, 0.4) is 0 Å². The van der Waals surface area contributed by atoms with Crippen LogP contribution in [0.1, 0.15) is 58.4 Å². The molecule has 2 atom stereocenters. The van der Waals surface area contributed by atoms with E-state index in [0.29, 0.717) is 12.3 Å². The number of hydrogen-bond acceptors (Lipinski definition) is 1. The molecule has 0 radical (unpaired) electrons. The molecule has 3 heteroatoms. The Labute approximate surface area is 114 Å². The Morgan fingerprint density at radius 3 is 2.53 bits per heavy atom. The lowest BCUT2D eigenvalue weighted by Gasteiger charge is -2.29. The third kappa shape index (κ3) is 4.27. The second-order valence-corrected chi connectivity index (χ2v) is 5.50. The van der Waals surface area contributed by atoms with Crippen LogP contribution in [0.4, 0.5) is 8.78 Å². The fraction of sp³-hybridized carbons (Fsp3) is 0.625. The highest BCUT2D eigenvalue weighted by atomic mass is 19.2. The molecule has 0 spiro atoms. The van der Waals surface area contributed by atoms with Crippen molar-refractivity contribution < 1.29 is 13.9 Å². The topological polar surface area (TPSA) is 20.2 Å². The van der Waals surface area contributed by atoms with Crippen molar-refractivity contribution in [1.82, 2.24) is 0 Å². The molecule has 19 heavy (non-hydrogen) atoms. The maximum atomic E-state index is 13.8. The van der Waals surface area contributed by atoms with E-state index in [2.05, 4.69) is 13.8 Å². The van der Waals surface area contributed by atoms with Crippen molar-refractivity contribution in [3.05, 3.63) is 35.4 Å². The second-order valence-electron chi connectivity index (χ2n) is 5.50. The summed E-state index contributed by atoms with van der Waals surface area (Å²) in [5.74, 6) is -1.50. The first-order valence-electron chi connectivity index (χ1n) is 7.09. The van der Waals surface area contributed by atoms with Crippen molar-refractivity contribution in [3.63, 3.8) is 0 Å². The Morgan fingerprint density at radius 1 is 1.26 bits per heavy atom. The van der Waals surface area contributed by atoms with Crippen LogP contribution in [0.5, 0.6) is 0 Å². The van der Waals surface area contributed by atoms with Gasteiger partial charge in [0.15, 0.2) is 11.6 Å². The van der Waals surface area contributed by atoms with Gasteiger partial charge in [-0.25, -0.2) is 8.78 Å². The van der Waals surface area contributed by atoms with Crippen molar-refractivity contribution in [3.8, 4) is 0 Å². The molecule has 2 unspecified atom stereocenters. The molecule has 0 aromatic heterocycles. The van der Waals surface area contributed by atoms with E-state index in [1.807, 2.05) is 0 Å². The Hall–Kier alpha value is -0.960. The van der Waals surface area contributed by atoms with Crippen LogP contribution >= 0.6 is 0 Å². The lowest BCUT2D eigenvalue weighted by molar-refractivity contribution is 0.0236. The van der Waals surface area contributed by atoms with Gasteiger partial charge in [-0.15, -0.1) is 0 Å². The summed E-state index contributed by atoms with van der Waals surface area (Å²) in [5.41, 5.74) is -1.26. The molecule has 1 nitrogen and oxygen atoms in total. The average molecular weight is 270 g/mol. The molecule has 0 aliphatic heterocycles. The van der Waals surface area contributed by atoms with Gasteiger partial charge in [0.2, 0.25) is 0 Å². The van der Waals surface area contributed by atoms with E-state index >= 15 is 0 Å². The highest BCUT2D eigenvalue weighted by Crippen LogP contribution is 2.33. The van der Waals surface area contributed by atoms with Gasteiger partial charge in [0.25, 0.3) is 0 Å². The lowest BCUT2D eigenvalue weighted by atomic mass is 9.82. The molecule has 1 rings (SSSR count). The van der Waals surface area contributed by atoms with Crippen molar-refractivity contribution in [2.24, 2.45) is 5.92 Å². The van der Waals surface area contributed by atoms with Crippen LogP contribution in [0.25, 0.3) is 0 Å². The maximum Gasteiger partial charge on any atom is 0.164 e. The molecule has 1 aromatic carbocycles. The smallest absolute Gasteiger partial charge is 0.164 e. The summed E-state index contributed by atoms with van der Waals surface area (Å²) >= 11 is 0. The maximum absolute atomic E-state index is 13.8. The Morgan fingerprint density at radius 2 is 1.95 bits per heavy atom. The Kier molecular flexibility index (Phi) is 5.92. The number of benzene rings is 1. The van der Waals surface area contributed by atoms with Crippen LogP contribution in [-0.2, 0) is 5.60 Å². The van der Waals surface area contributed by atoms with Gasteiger partial charge in [0.1, 0.15) is 0 Å². The zero-order valence-corrected chi connectivity index (χ0v) is 12.0. The van der Waals surface area contributed by atoms with E-state index < -0.39 is 17.2 Å². The molecule has 0 saturated carbocycles. The van der Waals surface area contributed by atoms with Gasteiger partial charge in [-0.2, -0.15) is 0 Å². The zero-order valence-electron chi connectivity index (χ0n) is 12.0. The Bertz CT molecular complexity index is 402. The molecule has 0 heterocycles. The molecular weight excluding hydrogens is 246 g/mol. The molecule has 1 aromatic rings. The van der Waals surface area contributed by atoms with E-state index in [9.17, 15) is 13.9 Å². The molecule has 0 amide bonds. The van der Waals surface area contributed by atoms with Gasteiger partial charge < -0.3 is 5.11 Å². The lowest BCUT2D eigenvalue weighted by Crippen LogP contribution is -2.26. The van der Waals surface area contributed by atoms with Crippen molar-refractivity contribution >= 4 is 0 Å². The first-order chi connectivity index (χ1) is 8.92. The number of hydrogen-bond donors (Lipinski definition) is 1. The van der Waals surface area contributed by atoms with Crippen molar-refractivity contribution in [2.45, 2.75) is 58.5 Å². The highest BCUT2D eigenvalue weighted by molar-refractivity contribution is 5.24. The summed E-state index contributed by atoms with van der Waals surface area (Å²) in [5, 5.41) is 10.5. The van der Waals surface area contributed by atoms with Gasteiger partial charge in [0, 0.05) is 5.56 Å². The van der Waals surface area contributed by atoms with Gasteiger partial charge in [0.05, 0.1) is 5.60 Å². The SMILES string of the molecule is CCCCC(CC)CC(C)(O)c1cccc(F)c1F. The van der Waals surface area contributed by atoms with Gasteiger partial charge in [-0.1, -0.05) is 51.7 Å². The normalized spacial score (nSPS) is 16.1. The summed E-state index contributed by atoms with van der Waals surface area (Å²) in [6, 6.07) is 3.98. The largest absolute Gasteiger partial charge is 0.385 e. The van der Waals surface area contributed by atoms with E-state index in [1.54, 1.807) is 6.92 Å². The number of halogens is 2. The minimum Gasteiger partial charge on any atom is -0.385 e. The zero-order chi connectivity index (χ0) is 14.5. The highest BCUT2D eigenvalue weighted by Gasteiger charge is 2.30. The van der Waals surface area contributed by atoms with Crippen LogP contribution < -0.4 is 0 Å². The number of unbranched alkanes of at least 4 members (excludes halogenated alkanes) is 1. The fourth-order valence-electron chi connectivity index (χ4n) is 2.54. The van der Waals surface area contributed by atoms with Crippen LogP contribution in [-0.4, -0.2) is 5.11 Å². The van der Waals surface area contributed by atoms with Crippen molar-refractivity contribution in [1.29, 1.82) is 0 Å². The van der Waals surface area contributed by atoms with Crippen molar-refractivity contribution in [2.75, 3.05) is 0 Å². The molecule has 0 fully saturated rings. The predicted octanol–water partition coefficient (Wildman–Crippen LogP) is 4.78. The number of rotatable bonds is 7. The van der Waals surface area contributed by atoms with Gasteiger partial charge in [-0.3, -0.25) is 0 Å². The molecular formula is C16H24F2O. The standard InChI is InChI=1S/C16H24F2O/c1-4-6-8-12(5-2)11-16(3,19)13-9-7-10-14(17)15(13)18/h7,9-10,12,19H,4-6,8,11H2,1-3H3.